The van der Waals surface area contributed by atoms with E-state index in [4.69, 9.17) is 10.6 Å². The maximum absolute atomic E-state index is 5.52. The van der Waals surface area contributed by atoms with E-state index in [9.17, 15) is 0 Å². The standard InChI is InChI=1S/C12H20N4OS/c1-12(2,3)18-7-10-14-9-4-5-17-6-8(9)11(15-10)16-13/h4-7,13H2,1-3H3,(H,14,15,16). The minimum atomic E-state index is 0.207. The Morgan fingerprint density at radius 3 is 2.83 bits per heavy atom. The molecular weight excluding hydrogens is 248 g/mol. The van der Waals surface area contributed by atoms with Crippen molar-refractivity contribution in [2.75, 3.05) is 12.0 Å². The lowest BCUT2D eigenvalue weighted by Crippen LogP contribution is -2.20. The van der Waals surface area contributed by atoms with Crippen molar-refractivity contribution in [1.82, 2.24) is 9.97 Å². The van der Waals surface area contributed by atoms with Crippen LogP contribution in [0.4, 0.5) is 5.82 Å². The summed E-state index contributed by atoms with van der Waals surface area (Å²) in [7, 11) is 0. The van der Waals surface area contributed by atoms with Crippen molar-refractivity contribution in [2.24, 2.45) is 5.84 Å². The first kappa shape index (κ1) is 13.6. The molecule has 0 unspecified atom stereocenters. The molecule has 0 fully saturated rings. The molecule has 100 valence electrons. The predicted molar refractivity (Wildman–Crippen MR) is 74.3 cm³/mol. The Morgan fingerprint density at radius 1 is 1.39 bits per heavy atom. The number of rotatable bonds is 3. The summed E-state index contributed by atoms with van der Waals surface area (Å²) in [6.07, 6.45) is 0.833. The zero-order valence-corrected chi connectivity index (χ0v) is 11.9. The van der Waals surface area contributed by atoms with Crippen LogP contribution in [0.1, 0.15) is 37.9 Å². The van der Waals surface area contributed by atoms with Gasteiger partial charge in [-0.3, -0.25) is 0 Å². The molecule has 3 N–H and O–H groups in total. The lowest BCUT2D eigenvalue weighted by atomic mass is 10.1. The molecule has 1 aromatic heterocycles. The monoisotopic (exact) mass is 268 g/mol. The summed E-state index contributed by atoms with van der Waals surface area (Å²) in [4.78, 5) is 9.08. The summed E-state index contributed by atoms with van der Waals surface area (Å²) in [5.41, 5.74) is 4.71. The first-order chi connectivity index (χ1) is 8.49. The van der Waals surface area contributed by atoms with Crippen LogP contribution in [0.3, 0.4) is 0 Å². The highest BCUT2D eigenvalue weighted by atomic mass is 32.2. The van der Waals surface area contributed by atoms with Gasteiger partial charge in [-0.15, -0.1) is 11.8 Å². The van der Waals surface area contributed by atoms with Gasteiger partial charge in [0.1, 0.15) is 11.6 Å². The second kappa shape index (κ2) is 5.42. The maximum atomic E-state index is 5.52. The average Bonchev–Trinajstić information content (AvgIpc) is 2.34. The molecule has 0 radical (unpaired) electrons. The van der Waals surface area contributed by atoms with Gasteiger partial charge in [-0.25, -0.2) is 15.8 Å². The van der Waals surface area contributed by atoms with Crippen molar-refractivity contribution in [1.29, 1.82) is 0 Å². The third-order valence-electron chi connectivity index (χ3n) is 2.64. The highest BCUT2D eigenvalue weighted by Crippen LogP contribution is 2.28. The highest BCUT2D eigenvalue weighted by molar-refractivity contribution is 7.99. The van der Waals surface area contributed by atoms with Gasteiger partial charge in [0.15, 0.2) is 0 Å². The van der Waals surface area contributed by atoms with E-state index in [-0.39, 0.29) is 4.75 Å². The van der Waals surface area contributed by atoms with Gasteiger partial charge in [0.05, 0.1) is 24.7 Å². The van der Waals surface area contributed by atoms with Crippen molar-refractivity contribution in [3.63, 3.8) is 0 Å². The van der Waals surface area contributed by atoms with Gasteiger partial charge in [-0.05, 0) is 0 Å². The fourth-order valence-corrected chi connectivity index (χ4v) is 2.44. The topological polar surface area (TPSA) is 73.1 Å². The molecule has 0 saturated heterocycles. The third-order valence-corrected chi connectivity index (χ3v) is 3.91. The largest absolute Gasteiger partial charge is 0.376 e. The number of nitrogens with zero attached hydrogens (tertiary/aromatic N) is 2. The summed E-state index contributed by atoms with van der Waals surface area (Å²) >= 11 is 1.83. The summed E-state index contributed by atoms with van der Waals surface area (Å²) in [5.74, 6) is 7.85. The van der Waals surface area contributed by atoms with Gasteiger partial charge in [0, 0.05) is 16.7 Å². The number of anilines is 1. The quantitative estimate of drug-likeness (QED) is 0.644. The Hall–Kier alpha value is -0.850. The fourth-order valence-electron chi connectivity index (χ4n) is 1.75. The van der Waals surface area contributed by atoms with Crippen LogP contribution in [-0.2, 0) is 23.5 Å². The number of nitrogens with two attached hydrogens (primary N) is 1. The maximum Gasteiger partial charge on any atom is 0.149 e. The first-order valence-electron chi connectivity index (χ1n) is 6.06. The van der Waals surface area contributed by atoms with Crippen LogP contribution in [0.5, 0.6) is 0 Å². The lowest BCUT2D eigenvalue weighted by molar-refractivity contribution is 0.109. The first-order valence-corrected chi connectivity index (χ1v) is 7.05. The fraction of sp³-hybridized carbons (Fsp3) is 0.667. The Balaban J connectivity index is 2.21. The number of hydrazine groups is 1. The zero-order chi connectivity index (χ0) is 13.2. The van der Waals surface area contributed by atoms with Crippen molar-refractivity contribution in [2.45, 2.75) is 44.3 Å². The van der Waals surface area contributed by atoms with Crippen LogP contribution in [-0.4, -0.2) is 21.3 Å². The molecule has 0 amide bonds. The Labute approximate surface area is 112 Å². The molecule has 0 aliphatic carbocycles. The number of hydrogen-bond acceptors (Lipinski definition) is 6. The number of fused-ring (bicyclic) bond motifs is 1. The normalized spacial score (nSPS) is 15.3. The number of ether oxygens (including phenoxy) is 1. The number of nitrogens with one attached hydrogen (secondary N) is 1. The van der Waals surface area contributed by atoms with E-state index in [0.29, 0.717) is 12.4 Å². The van der Waals surface area contributed by atoms with E-state index in [2.05, 4.69) is 36.2 Å². The SMILES string of the molecule is CC(C)(C)SCc1nc2c(c(NN)n1)COCC2. The van der Waals surface area contributed by atoms with Crippen LogP contribution >= 0.6 is 11.8 Å². The molecule has 0 bridgehead atoms. The van der Waals surface area contributed by atoms with Crippen molar-refractivity contribution >= 4 is 17.6 Å². The highest BCUT2D eigenvalue weighted by Gasteiger charge is 2.19. The van der Waals surface area contributed by atoms with Crippen LogP contribution in [0, 0.1) is 0 Å². The zero-order valence-electron chi connectivity index (χ0n) is 11.1. The number of aromatic nitrogens is 2. The Kier molecular flexibility index (Phi) is 4.09. The minimum Gasteiger partial charge on any atom is -0.376 e. The van der Waals surface area contributed by atoms with E-state index >= 15 is 0 Å². The van der Waals surface area contributed by atoms with Crippen LogP contribution in [0.15, 0.2) is 0 Å². The van der Waals surface area contributed by atoms with Crippen LogP contribution in [0.25, 0.3) is 0 Å². The van der Waals surface area contributed by atoms with E-state index in [1.807, 2.05) is 11.8 Å². The summed E-state index contributed by atoms with van der Waals surface area (Å²) in [6, 6.07) is 0. The summed E-state index contributed by atoms with van der Waals surface area (Å²) in [6.45, 7) is 7.82. The van der Waals surface area contributed by atoms with Gasteiger partial charge in [0.2, 0.25) is 0 Å². The van der Waals surface area contributed by atoms with Gasteiger partial charge in [-0.2, -0.15) is 0 Å². The molecule has 0 aromatic carbocycles. The molecule has 0 spiro atoms. The summed E-state index contributed by atoms with van der Waals surface area (Å²) in [5, 5.41) is 0. The second-order valence-corrected chi connectivity index (χ2v) is 7.06. The molecule has 2 rings (SSSR count). The molecule has 1 aliphatic rings. The molecule has 1 aliphatic heterocycles. The lowest BCUT2D eigenvalue weighted by Gasteiger charge is -2.20. The number of nitrogen functional groups attached to an aromatic ring is 1. The van der Waals surface area contributed by atoms with Crippen LogP contribution in [0.2, 0.25) is 0 Å². The molecular formula is C12H20N4OS. The van der Waals surface area contributed by atoms with E-state index in [0.717, 1.165) is 35.9 Å². The number of hydrogen-bond donors (Lipinski definition) is 2. The molecule has 1 aromatic rings. The molecule has 2 heterocycles. The molecule has 5 nitrogen and oxygen atoms in total. The smallest absolute Gasteiger partial charge is 0.149 e. The van der Waals surface area contributed by atoms with E-state index < -0.39 is 0 Å². The Bertz CT molecular complexity index is 414. The van der Waals surface area contributed by atoms with E-state index in [1.54, 1.807) is 0 Å². The summed E-state index contributed by atoms with van der Waals surface area (Å²) < 4.78 is 5.62. The van der Waals surface area contributed by atoms with Gasteiger partial charge >= 0.3 is 0 Å². The van der Waals surface area contributed by atoms with Gasteiger partial charge in [-0.1, -0.05) is 20.8 Å². The molecule has 0 saturated carbocycles. The molecule has 0 atom stereocenters. The van der Waals surface area contributed by atoms with E-state index in [1.165, 1.54) is 0 Å². The van der Waals surface area contributed by atoms with Crippen molar-refractivity contribution < 1.29 is 4.74 Å². The molecule has 6 heteroatoms. The Morgan fingerprint density at radius 2 is 2.17 bits per heavy atom. The average molecular weight is 268 g/mol. The second-order valence-electron chi connectivity index (χ2n) is 5.26. The number of thioether (sulfide) groups is 1. The predicted octanol–water partition coefficient (Wildman–Crippen LogP) is 1.87. The molecule has 18 heavy (non-hydrogen) atoms. The van der Waals surface area contributed by atoms with Crippen molar-refractivity contribution in [3.8, 4) is 0 Å². The van der Waals surface area contributed by atoms with Gasteiger partial charge in [0.25, 0.3) is 0 Å². The van der Waals surface area contributed by atoms with Gasteiger partial charge < -0.3 is 10.2 Å². The third kappa shape index (κ3) is 3.34. The van der Waals surface area contributed by atoms with Crippen LogP contribution < -0.4 is 11.3 Å². The minimum absolute atomic E-state index is 0.207. The van der Waals surface area contributed by atoms with Crippen molar-refractivity contribution in [3.05, 3.63) is 17.1 Å².